The maximum absolute atomic E-state index is 12.1. The fourth-order valence-electron chi connectivity index (χ4n) is 1.98. The number of methoxy groups -OCH3 is 1. The fourth-order valence-corrected chi connectivity index (χ4v) is 1.98. The van der Waals surface area contributed by atoms with Crippen molar-refractivity contribution in [3.8, 4) is 11.5 Å². The quantitative estimate of drug-likeness (QED) is 0.304. The van der Waals surface area contributed by atoms with Crippen molar-refractivity contribution in [2.75, 3.05) is 26.9 Å². The van der Waals surface area contributed by atoms with Crippen LogP contribution in [0.25, 0.3) is 6.08 Å². The van der Waals surface area contributed by atoms with E-state index in [0.29, 0.717) is 23.7 Å². The van der Waals surface area contributed by atoms with E-state index in [-0.39, 0.29) is 24.2 Å². The Kier molecular flexibility index (Phi) is 8.16. The Hall–Kier alpha value is -2.50. The van der Waals surface area contributed by atoms with Gasteiger partial charge < -0.3 is 18.9 Å². The van der Waals surface area contributed by atoms with Gasteiger partial charge in [-0.25, -0.2) is 9.59 Å². The van der Waals surface area contributed by atoms with Gasteiger partial charge in [0.15, 0.2) is 11.5 Å². The maximum atomic E-state index is 12.1. The molecule has 0 heterocycles. The molecule has 0 aromatic heterocycles. The summed E-state index contributed by atoms with van der Waals surface area (Å²) in [7, 11) is 1.55. The highest BCUT2D eigenvalue weighted by Gasteiger charge is 2.21. The van der Waals surface area contributed by atoms with Crippen LogP contribution in [0.2, 0.25) is 0 Å². The zero-order chi connectivity index (χ0) is 19.7. The van der Waals surface area contributed by atoms with Crippen LogP contribution < -0.4 is 9.47 Å². The van der Waals surface area contributed by atoms with E-state index in [2.05, 4.69) is 20.8 Å². The average Bonchev–Trinajstić information content (AvgIpc) is 2.57. The van der Waals surface area contributed by atoms with Crippen molar-refractivity contribution in [1.82, 2.24) is 0 Å². The molecule has 1 aromatic carbocycles. The SMILES string of the molecule is CCOC(=O)C(=Cc1ccc(OC)c(OCC(C)(C)C)c1)C(=O)OCC. The standard InChI is InChI=1S/C20H28O6/c1-7-24-18(21)15(19(22)25-8-2)11-14-9-10-16(23-6)17(12-14)26-13-20(3,4)5/h9-12H,7-8,13H2,1-6H3. The number of benzene rings is 1. The molecule has 0 bridgehead atoms. The van der Waals surface area contributed by atoms with E-state index in [1.165, 1.54) is 6.08 Å². The molecular weight excluding hydrogens is 336 g/mol. The molecule has 0 aliphatic carbocycles. The normalized spacial score (nSPS) is 10.7. The van der Waals surface area contributed by atoms with Gasteiger partial charge in [-0.2, -0.15) is 0 Å². The van der Waals surface area contributed by atoms with Crippen molar-refractivity contribution in [2.24, 2.45) is 5.41 Å². The Morgan fingerprint density at radius 2 is 1.58 bits per heavy atom. The van der Waals surface area contributed by atoms with Crippen molar-refractivity contribution < 1.29 is 28.5 Å². The molecule has 0 spiro atoms. The van der Waals surface area contributed by atoms with Gasteiger partial charge in [-0.3, -0.25) is 0 Å². The van der Waals surface area contributed by atoms with E-state index in [9.17, 15) is 9.59 Å². The fraction of sp³-hybridized carbons (Fsp3) is 0.500. The first kappa shape index (κ1) is 21.5. The number of esters is 2. The number of carbonyl (C=O) groups is 2. The van der Waals surface area contributed by atoms with Gasteiger partial charge in [0.1, 0.15) is 5.57 Å². The van der Waals surface area contributed by atoms with Crippen LogP contribution >= 0.6 is 0 Å². The van der Waals surface area contributed by atoms with Crippen LogP contribution in [0, 0.1) is 5.41 Å². The minimum Gasteiger partial charge on any atom is -0.493 e. The van der Waals surface area contributed by atoms with Gasteiger partial charge in [0.25, 0.3) is 0 Å². The van der Waals surface area contributed by atoms with Crippen LogP contribution in [-0.2, 0) is 19.1 Å². The highest BCUT2D eigenvalue weighted by molar-refractivity contribution is 6.17. The van der Waals surface area contributed by atoms with Crippen LogP contribution in [0.15, 0.2) is 23.8 Å². The third-order valence-corrected chi connectivity index (χ3v) is 3.15. The predicted octanol–water partition coefficient (Wildman–Crippen LogP) is 3.63. The van der Waals surface area contributed by atoms with Crippen LogP contribution in [0.4, 0.5) is 0 Å². The lowest BCUT2D eigenvalue weighted by Gasteiger charge is -2.20. The van der Waals surface area contributed by atoms with Gasteiger partial charge in [-0.1, -0.05) is 26.8 Å². The summed E-state index contributed by atoms with van der Waals surface area (Å²) in [6.45, 7) is 10.3. The Bertz CT molecular complexity index is 635. The molecule has 0 aliphatic heterocycles. The monoisotopic (exact) mass is 364 g/mol. The molecule has 0 fully saturated rings. The van der Waals surface area contributed by atoms with Crippen LogP contribution in [0.1, 0.15) is 40.2 Å². The molecule has 0 N–H and O–H groups in total. The number of ether oxygens (including phenoxy) is 4. The molecule has 0 aliphatic rings. The van der Waals surface area contributed by atoms with Crippen molar-refractivity contribution in [3.05, 3.63) is 29.3 Å². The van der Waals surface area contributed by atoms with Crippen molar-refractivity contribution in [2.45, 2.75) is 34.6 Å². The first-order valence-electron chi connectivity index (χ1n) is 8.58. The van der Waals surface area contributed by atoms with E-state index in [4.69, 9.17) is 18.9 Å². The molecule has 0 saturated carbocycles. The molecule has 144 valence electrons. The summed E-state index contributed by atoms with van der Waals surface area (Å²) < 4.78 is 21.1. The summed E-state index contributed by atoms with van der Waals surface area (Å²) >= 11 is 0. The first-order valence-corrected chi connectivity index (χ1v) is 8.58. The lowest BCUT2D eigenvalue weighted by Crippen LogP contribution is -2.18. The van der Waals surface area contributed by atoms with Crippen molar-refractivity contribution in [3.63, 3.8) is 0 Å². The van der Waals surface area contributed by atoms with E-state index >= 15 is 0 Å². The number of hydrogen-bond donors (Lipinski definition) is 0. The highest BCUT2D eigenvalue weighted by atomic mass is 16.6. The molecule has 6 heteroatoms. The van der Waals surface area contributed by atoms with Crippen molar-refractivity contribution in [1.29, 1.82) is 0 Å². The summed E-state index contributed by atoms with van der Waals surface area (Å²) in [5.74, 6) is -0.346. The van der Waals surface area contributed by atoms with Crippen LogP contribution in [0.5, 0.6) is 11.5 Å². The second-order valence-corrected chi connectivity index (χ2v) is 6.76. The van der Waals surface area contributed by atoms with Crippen LogP contribution in [-0.4, -0.2) is 38.9 Å². The number of carbonyl (C=O) groups excluding carboxylic acids is 2. The summed E-state index contributed by atoms with van der Waals surface area (Å²) in [6, 6.07) is 5.15. The second kappa shape index (κ2) is 9.85. The topological polar surface area (TPSA) is 71.1 Å². The Labute approximate surface area is 155 Å². The van der Waals surface area contributed by atoms with Gasteiger partial charge in [0.05, 0.1) is 26.9 Å². The zero-order valence-electron chi connectivity index (χ0n) is 16.4. The molecular formula is C20H28O6. The maximum Gasteiger partial charge on any atom is 0.345 e. The molecule has 1 rings (SSSR count). The first-order chi connectivity index (χ1) is 12.2. The Morgan fingerprint density at radius 1 is 1.00 bits per heavy atom. The van der Waals surface area contributed by atoms with E-state index in [1.807, 2.05) is 0 Å². The van der Waals surface area contributed by atoms with Crippen LogP contribution in [0.3, 0.4) is 0 Å². The van der Waals surface area contributed by atoms with Gasteiger partial charge >= 0.3 is 11.9 Å². The predicted molar refractivity (Wildman–Crippen MR) is 99.2 cm³/mol. The van der Waals surface area contributed by atoms with E-state index in [1.54, 1.807) is 39.2 Å². The summed E-state index contributed by atoms with van der Waals surface area (Å²) in [6.07, 6.45) is 1.43. The van der Waals surface area contributed by atoms with Gasteiger partial charge in [0, 0.05) is 0 Å². The van der Waals surface area contributed by atoms with E-state index < -0.39 is 11.9 Å². The Morgan fingerprint density at radius 3 is 2.04 bits per heavy atom. The minimum atomic E-state index is -0.723. The smallest absolute Gasteiger partial charge is 0.345 e. The molecule has 0 unspecified atom stereocenters. The molecule has 1 aromatic rings. The largest absolute Gasteiger partial charge is 0.493 e. The van der Waals surface area contributed by atoms with Crippen molar-refractivity contribution >= 4 is 18.0 Å². The Balaban J connectivity index is 3.22. The average molecular weight is 364 g/mol. The summed E-state index contributed by atoms with van der Waals surface area (Å²) in [4.78, 5) is 24.2. The number of rotatable bonds is 8. The highest BCUT2D eigenvalue weighted by Crippen LogP contribution is 2.30. The molecule has 26 heavy (non-hydrogen) atoms. The second-order valence-electron chi connectivity index (χ2n) is 6.76. The molecule has 0 atom stereocenters. The summed E-state index contributed by atoms with van der Waals surface area (Å²) in [5, 5.41) is 0. The molecule has 0 radical (unpaired) electrons. The van der Waals surface area contributed by atoms with Gasteiger partial charge in [-0.15, -0.1) is 0 Å². The molecule has 6 nitrogen and oxygen atoms in total. The zero-order valence-corrected chi connectivity index (χ0v) is 16.4. The minimum absolute atomic E-state index is 0.0299. The third-order valence-electron chi connectivity index (χ3n) is 3.15. The molecule has 0 saturated heterocycles. The summed E-state index contributed by atoms with van der Waals surface area (Å²) in [5.41, 5.74) is 0.407. The van der Waals surface area contributed by atoms with E-state index in [0.717, 1.165) is 0 Å². The lowest BCUT2D eigenvalue weighted by atomic mass is 9.99. The number of hydrogen-bond acceptors (Lipinski definition) is 6. The third kappa shape index (κ3) is 6.78. The molecule has 0 amide bonds. The van der Waals surface area contributed by atoms with Gasteiger partial charge in [-0.05, 0) is 43.0 Å². The lowest BCUT2D eigenvalue weighted by molar-refractivity contribution is -0.146. The van der Waals surface area contributed by atoms with Gasteiger partial charge in [0.2, 0.25) is 0 Å².